The van der Waals surface area contributed by atoms with Crippen LogP contribution in [-0.2, 0) is 6.54 Å². The molecule has 0 saturated carbocycles. The van der Waals surface area contributed by atoms with Crippen molar-refractivity contribution in [1.82, 2.24) is 14.8 Å². The van der Waals surface area contributed by atoms with E-state index in [1.807, 2.05) is 11.5 Å². The van der Waals surface area contributed by atoms with E-state index in [0.717, 1.165) is 29.7 Å². The Balaban J connectivity index is 2.62. The predicted octanol–water partition coefficient (Wildman–Crippen LogP) is 0.661. The first-order chi connectivity index (χ1) is 6.79. The molecular weight excluding hydrogens is 196 g/mol. The minimum atomic E-state index is 0.599. The Morgan fingerprint density at radius 3 is 3.00 bits per heavy atom. The number of aromatic nitrogens is 3. The average Bonchev–Trinajstić information content (AvgIpc) is 2.51. The smallest absolute Gasteiger partial charge is 0.191 e. The second kappa shape index (κ2) is 5.68. The van der Waals surface area contributed by atoms with E-state index in [4.69, 9.17) is 12.2 Å². The molecule has 14 heavy (non-hydrogen) atoms. The lowest BCUT2D eigenvalue weighted by Gasteiger charge is -2.04. The van der Waals surface area contributed by atoms with Crippen molar-refractivity contribution in [2.75, 3.05) is 12.3 Å². The predicted molar refractivity (Wildman–Crippen MR) is 58.0 cm³/mol. The van der Waals surface area contributed by atoms with Gasteiger partial charge in [-0.15, -0.1) is 22.5 Å². The van der Waals surface area contributed by atoms with Crippen LogP contribution in [0.5, 0.6) is 0 Å². The van der Waals surface area contributed by atoms with Crippen LogP contribution in [0.25, 0.3) is 0 Å². The van der Waals surface area contributed by atoms with Crippen LogP contribution < -0.4 is 5.73 Å². The van der Waals surface area contributed by atoms with Gasteiger partial charge in [0.15, 0.2) is 5.16 Å². The Labute approximate surface area is 88.3 Å². The third kappa shape index (κ3) is 2.76. The zero-order valence-electron chi connectivity index (χ0n) is 8.23. The molecule has 0 aromatic carbocycles. The van der Waals surface area contributed by atoms with Gasteiger partial charge in [0.2, 0.25) is 0 Å². The number of thioether (sulfide) groups is 1. The number of nitrogens with zero attached hydrogens (tertiary/aromatic N) is 3. The van der Waals surface area contributed by atoms with Crippen molar-refractivity contribution >= 4 is 11.8 Å². The number of aryl methyl sites for hydroxylation is 1. The Morgan fingerprint density at radius 1 is 1.57 bits per heavy atom. The summed E-state index contributed by atoms with van der Waals surface area (Å²) < 4.78 is 2.02. The first-order valence-corrected chi connectivity index (χ1v) is 5.44. The van der Waals surface area contributed by atoms with Gasteiger partial charge in [0.25, 0.3) is 0 Å². The molecule has 0 saturated heterocycles. The highest BCUT2D eigenvalue weighted by Crippen LogP contribution is 2.16. The molecule has 0 bridgehead atoms. The summed E-state index contributed by atoms with van der Waals surface area (Å²) in [6.07, 6.45) is 5.92. The third-order valence-corrected chi connectivity index (χ3v) is 2.70. The molecule has 4 nitrogen and oxygen atoms in total. The summed E-state index contributed by atoms with van der Waals surface area (Å²) in [5, 5.41) is 8.96. The number of nitrogens with two attached hydrogens (primary N) is 1. The van der Waals surface area contributed by atoms with Gasteiger partial charge < -0.3 is 10.3 Å². The molecule has 0 atom stereocenters. The summed E-state index contributed by atoms with van der Waals surface area (Å²) in [6, 6.07) is 0. The molecule has 2 N–H and O–H groups in total. The normalized spacial score (nSPS) is 10.1. The quantitative estimate of drug-likeness (QED) is 0.441. The SMILES string of the molecule is C#CCCSc1nnc(C)n1CCN. The van der Waals surface area contributed by atoms with Gasteiger partial charge in [0, 0.05) is 25.3 Å². The van der Waals surface area contributed by atoms with E-state index in [9.17, 15) is 0 Å². The van der Waals surface area contributed by atoms with Crippen LogP contribution in [0.3, 0.4) is 0 Å². The molecule has 1 rings (SSSR count). The Bertz CT molecular complexity index is 326. The highest BCUT2D eigenvalue weighted by atomic mass is 32.2. The van der Waals surface area contributed by atoms with Gasteiger partial charge in [-0.05, 0) is 6.92 Å². The largest absolute Gasteiger partial charge is 0.329 e. The lowest BCUT2D eigenvalue weighted by molar-refractivity contribution is 0.627. The third-order valence-electron chi connectivity index (χ3n) is 1.73. The molecule has 76 valence electrons. The summed E-state index contributed by atoms with van der Waals surface area (Å²) in [5.74, 6) is 4.37. The maximum Gasteiger partial charge on any atom is 0.191 e. The summed E-state index contributed by atoms with van der Waals surface area (Å²) in [7, 11) is 0. The molecule has 0 fully saturated rings. The Hall–Kier alpha value is -0.990. The van der Waals surface area contributed by atoms with Crippen LogP contribution in [0, 0.1) is 19.3 Å². The van der Waals surface area contributed by atoms with E-state index in [0.29, 0.717) is 6.54 Å². The second-order valence-corrected chi connectivity index (χ2v) is 3.83. The minimum Gasteiger partial charge on any atom is -0.329 e. The van der Waals surface area contributed by atoms with Gasteiger partial charge in [-0.1, -0.05) is 11.8 Å². The van der Waals surface area contributed by atoms with Gasteiger partial charge in [0.1, 0.15) is 5.82 Å². The fourth-order valence-electron chi connectivity index (χ4n) is 1.06. The molecule has 0 spiro atoms. The first-order valence-electron chi connectivity index (χ1n) is 4.45. The molecule has 0 amide bonds. The summed E-state index contributed by atoms with van der Waals surface area (Å²) >= 11 is 1.62. The van der Waals surface area contributed by atoms with Crippen molar-refractivity contribution in [3.05, 3.63) is 5.82 Å². The van der Waals surface area contributed by atoms with Crippen molar-refractivity contribution in [3.8, 4) is 12.3 Å². The molecule has 0 aliphatic heterocycles. The highest BCUT2D eigenvalue weighted by Gasteiger charge is 2.07. The monoisotopic (exact) mass is 210 g/mol. The minimum absolute atomic E-state index is 0.599. The fraction of sp³-hybridized carbons (Fsp3) is 0.556. The van der Waals surface area contributed by atoms with Gasteiger partial charge in [-0.25, -0.2) is 0 Å². The topological polar surface area (TPSA) is 56.7 Å². The number of hydrogen-bond acceptors (Lipinski definition) is 4. The summed E-state index contributed by atoms with van der Waals surface area (Å²) in [6.45, 7) is 3.28. The number of rotatable bonds is 5. The van der Waals surface area contributed by atoms with E-state index in [2.05, 4.69) is 16.1 Å². The van der Waals surface area contributed by atoms with Crippen molar-refractivity contribution in [1.29, 1.82) is 0 Å². The van der Waals surface area contributed by atoms with E-state index in [-0.39, 0.29) is 0 Å². The molecule has 1 aromatic heterocycles. The molecule has 1 heterocycles. The molecule has 0 aliphatic carbocycles. The van der Waals surface area contributed by atoms with E-state index in [1.165, 1.54) is 0 Å². The summed E-state index contributed by atoms with van der Waals surface area (Å²) in [5.41, 5.74) is 5.49. The van der Waals surface area contributed by atoms with E-state index in [1.54, 1.807) is 11.8 Å². The fourth-order valence-corrected chi connectivity index (χ4v) is 1.94. The molecule has 1 aromatic rings. The van der Waals surface area contributed by atoms with Gasteiger partial charge in [-0.2, -0.15) is 0 Å². The number of terminal acetylenes is 1. The standard InChI is InChI=1S/C9H14N4S/c1-3-4-7-14-9-12-11-8(2)13(9)6-5-10/h1H,4-7,10H2,2H3. The first kappa shape index (κ1) is 11.1. The van der Waals surface area contributed by atoms with Crippen LogP contribution in [-0.4, -0.2) is 27.1 Å². The molecule has 0 unspecified atom stereocenters. The van der Waals surface area contributed by atoms with Crippen molar-refractivity contribution in [3.63, 3.8) is 0 Å². The van der Waals surface area contributed by atoms with Crippen molar-refractivity contribution < 1.29 is 0 Å². The van der Waals surface area contributed by atoms with Gasteiger partial charge in [0.05, 0.1) is 0 Å². The van der Waals surface area contributed by atoms with Crippen LogP contribution in [0.2, 0.25) is 0 Å². The van der Waals surface area contributed by atoms with Crippen LogP contribution in [0.15, 0.2) is 5.16 Å². The van der Waals surface area contributed by atoms with E-state index >= 15 is 0 Å². The average molecular weight is 210 g/mol. The van der Waals surface area contributed by atoms with Gasteiger partial charge >= 0.3 is 0 Å². The number of hydrogen-bond donors (Lipinski definition) is 1. The van der Waals surface area contributed by atoms with Crippen LogP contribution >= 0.6 is 11.8 Å². The lowest BCUT2D eigenvalue weighted by Crippen LogP contribution is -2.12. The lowest BCUT2D eigenvalue weighted by atomic mass is 10.5. The molecule has 0 radical (unpaired) electrons. The van der Waals surface area contributed by atoms with Crippen molar-refractivity contribution in [2.24, 2.45) is 5.73 Å². The van der Waals surface area contributed by atoms with Gasteiger partial charge in [-0.3, -0.25) is 0 Å². The second-order valence-electron chi connectivity index (χ2n) is 2.77. The maximum atomic E-state index is 5.49. The van der Waals surface area contributed by atoms with Crippen LogP contribution in [0.4, 0.5) is 0 Å². The Morgan fingerprint density at radius 2 is 2.36 bits per heavy atom. The molecule has 5 heteroatoms. The zero-order valence-corrected chi connectivity index (χ0v) is 9.05. The molecule has 0 aliphatic rings. The molecular formula is C9H14N4S. The zero-order chi connectivity index (χ0) is 10.4. The summed E-state index contributed by atoms with van der Waals surface area (Å²) in [4.78, 5) is 0. The van der Waals surface area contributed by atoms with Crippen molar-refractivity contribution in [2.45, 2.75) is 25.0 Å². The maximum absolute atomic E-state index is 5.49. The van der Waals surface area contributed by atoms with E-state index < -0.39 is 0 Å². The highest BCUT2D eigenvalue weighted by molar-refractivity contribution is 7.99. The Kier molecular flexibility index (Phi) is 4.50. The van der Waals surface area contributed by atoms with Crippen LogP contribution in [0.1, 0.15) is 12.2 Å².